The molecule has 0 fully saturated rings. The van der Waals surface area contributed by atoms with E-state index in [2.05, 4.69) is 0 Å². The Labute approximate surface area is 93.5 Å². The first-order chi connectivity index (χ1) is 7.74. The zero-order valence-corrected chi connectivity index (χ0v) is 8.90. The lowest BCUT2D eigenvalue weighted by Gasteiger charge is -2.24. The van der Waals surface area contributed by atoms with E-state index in [1.165, 1.54) is 0 Å². The first-order valence-electron chi connectivity index (χ1n) is 5.37. The Balaban J connectivity index is 2.25. The number of benzene rings is 1. The van der Waals surface area contributed by atoms with Gasteiger partial charge in [-0.05, 0) is 18.1 Å². The molecular weight excluding hydrogens is 209 g/mol. The molecule has 1 unspecified atom stereocenters. The lowest BCUT2D eigenvalue weighted by Crippen LogP contribution is -2.39. The molecule has 1 aromatic carbocycles. The Kier molecular flexibility index (Phi) is 3.08. The van der Waals surface area contributed by atoms with Crippen molar-refractivity contribution in [3.8, 4) is 0 Å². The van der Waals surface area contributed by atoms with Crippen molar-refractivity contribution in [3.05, 3.63) is 29.8 Å². The van der Waals surface area contributed by atoms with Crippen molar-refractivity contribution >= 4 is 11.7 Å². The molecule has 0 saturated heterocycles. The molecule has 1 aliphatic heterocycles. The number of carboxylic acid groups (broad SMARTS) is 1. The third kappa shape index (κ3) is 1.87. The van der Waals surface area contributed by atoms with Gasteiger partial charge in [0.2, 0.25) is 0 Å². The van der Waals surface area contributed by atoms with Gasteiger partial charge in [0.05, 0.1) is 6.67 Å². The molecule has 0 saturated carbocycles. The molecule has 0 bridgehead atoms. The predicted molar refractivity (Wildman–Crippen MR) is 59.5 cm³/mol. The largest absolute Gasteiger partial charge is 0.480 e. The summed E-state index contributed by atoms with van der Waals surface area (Å²) < 4.78 is 12.2. The second-order valence-corrected chi connectivity index (χ2v) is 3.92. The number of hydrogen-bond donors (Lipinski definition) is 1. The number of carbonyl (C=O) groups is 1. The van der Waals surface area contributed by atoms with Crippen LogP contribution >= 0.6 is 0 Å². The first kappa shape index (κ1) is 10.9. The Hall–Kier alpha value is -1.58. The first-order valence-corrected chi connectivity index (χ1v) is 5.37. The van der Waals surface area contributed by atoms with Crippen LogP contribution in [0.1, 0.15) is 12.0 Å². The van der Waals surface area contributed by atoms with Crippen LogP contribution in [0.2, 0.25) is 0 Å². The number of rotatable bonds is 4. The Morgan fingerprint density at radius 1 is 1.50 bits per heavy atom. The lowest BCUT2D eigenvalue weighted by molar-refractivity contribution is -0.138. The van der Waals surface area contributed by atoms with E-state index >= 15 is 0 Å². The number of para-hydroxylation sites is 1. The van der Waals surface area contributed by atoms with Gasteiger partial charge in [-0.15, -0.1) is 0 Å². The lowest BCUT2D eigenvalue weighted by atomic mass is 10.1. The molecule has 1 aliphatic rings. The molecule has 1 atom stereocenters. The number of nitrogens with zero attached hydrogens (tertiary/aromatic N) is 1. The van der Waals surface area contributed by atoms with Crippen LogP contribution in [-0.4, -0.2) is 30.3 Å². The zero-order chi connectivity index (χ0) is 11.5. The second kappa shape index (κ2) is 4.51. The molecule has 3 nitrogen and oxygen atoms in total. The van der Waals surface area contributed by atoms with E-state index < -0.39 is 18.7 Å². The number of anilines is 1. The predicted octanol–water partition coefficient (Wildman–Crippen LogP) is 1.86. The van der Waals surface area contributed by atoms with Crippen molar-refractivity contribution in [2.75, 3.05) is 18.1 Å². The van der Waals surface area contributed by atoms with Crippen molar-refractivity contribution in [2.45, 2.75) is 18.9 Å². The van der Waals surface area contributed by atoms with Crippen LogP contribution in [0.25, 0.3) is 0 Å². The molecular formula is C12H14FNO2. The second-order valence-electron chi connectivity index (χ2n) is 3.92. The fourth-order valence-electron chi connectivity index (χ4n) is 2.18. The minimum Gasteiger partial charge on any atom is -0.480 e. The Morgan fingerprint density at radius 2 is 2.25 bits per heavy atom. The fourth-order valence-corrected chi connectivity index (χ4v) is 2.18. The maximum Gasteiger partial charge on any atom is 0.326 e. The summed E-state index contributed by atoms with van der Waals surface area (Å²) in [5.41, 5.74) is 1.97. The highest BCUT2D eigenvalue weighted by Crippen LogP contribution is 2.32. The molecule has 16 heavy (non-hydrogen) atoms. The minimum absolute atomic E-state index is 0.373. The van der Waals surface area contributed by atoms with E-state index in [1.54, 1.807) is 4.90 Å². The van der Waals surface area contributed by atoms with Gasteiger partial charge in [0.25, 0.3) is 0 Å². The average Bonchev–Trinajstić information content (AvgIpc) is 2.65. The number of carboxylic acids is 1. The van der Waals surface area contributed by atoms with Crippen molar-refractivity contribution in [3.63, 3.8) is 0 Å². The highest BCUT2D eigenvalue weighted by atomic mass is 19.1. The molecule has 0 radical (unpaired) electrons. The fraction of sp³-hybridized carbons (Fsp3) is 0.417. The number of hydrogen-bond acceptors (Lipinski definition) is 2. The van der Waals surface area contributed by atoms with E-state index in [9.17, 15) is 9.18 Å². The van der Waals surface area contributed by atoms with E-state index in [-0.39, 0.29) is 0 Å². The van der Waals surface area contributed by atoms with Gasteiger partial charge in [-0.2, -0.15) is 0 Å². The van der Waals surface area contributed by atoms with Gasteiger partial charge in [0.15, 0.2) is 0 Å². The Bertz CT molecular complexity index is 394. The summed E-state index contributed by atoms with van der Waals surface area (Å²) in [6.45, 7) is 0.0511. The molecule has 0 spiro atoms. The van der Waals surface area contributed by atoms with Crippen LogP contribution in [0, 0.1) is 0 Å². The van der Waals surface area contributed by atoms with Crippen LogP contribution < -0.4 is 4.90 Å². The molecule has 4 heteroatoms. The smallest absolute Gasteiger partial charge is 0.326 e. The summed E-state index contributed by atoms with van der Waals surface area (Å²) in [4.78, 5) is 12.9. The summed E-state index contributed by atoms with van der Waals surface area (Å²) in [6.07, 6.45) is 0.885. The summed E-state index contributed by atoms with van der Waals surface area (Å²) in [7, 11) is 0. The van der Waals surface area contributed by atoms with E-state index in [1.807, 2.05) is 24.3 Å². The quantitative estimate of drug-likeness (QED) is 0.847. The topological polar surface area (TPSA) is 40.5 Å². The maximum atomic E-state index is 12.2. The van der Waals surface area contributed by atoms with E-state index in [4.69, 9.17) is 5.11 Å². The van der Waals surface area contributed by atoms with Gasteiger partial charge < -0.3 is 10.0 Å². The summed E-state index contributed by atoms with van der Waals surface area (Å²) in [6, 6.07) is 7.07. The van der Waals surface area contributed by atoms with Crippen LogP contribution in [0.5, 0.6) is 0 Å². The number of halogens is 1. The van der Waals surface area contributed by atoms with Crippen molar-refractivity contribution in [1.29, 1.82) is 0 Å². The van der Waals surface area contributed by atoms with Gasteiger partial charge in [-0.3, -0.25) is 4.39 Å². The van der Waals surface area contributed by atoms with Gasteiger partial charge in [0, 0.05) is 18.7 Å². The molecule has 1 N–H and O–H groups in total. The Morgan fingerprint density at radius 3 is 2.94 bits per heavy atom. The standard InChI is InChI=1S/C12H14FNO2/c13-6-3-7-14-10-5-2-1-4-9(10)8-11(14)12(15)16/h1-2,4-5,11H,3,6-8H2,(H,15,16). The van der Waals surface area contributed by atoms with Crippen LogP contribution in [-0.2, 0) is 11.2 Å². The molecule has 0 aromatic heterocycles. The third-order valence-electron chi connectivity index (χ3n) is 2.91. The van der Waals surface area contributed by atoms with Crippen molar-refractivity contribution in [2.24, 2.45) is 0 Å². The van der Waals surface area contributed by atoms with Crippen molar-refractivity contribution in [1.82, 2.24) is 0 Å². The van der Waals surface area contributed by atoms with Crippen LogP contribution in [0.3, 0.4) is 0 Å². The number of aliphatic carboxylic acids is 1. The molecule has 0 aliphatic carbocycles. The van der Waals surface area contributed by atoms with Gasteiger partial charge in [-0.1, -0.05) is 18.2 Å². The molecule has 1 aromatic rings. The normalized spacial score (nSPS) is 18.6. The highest BCUT2D eigenvalue weighted by Gasteiger charge is 2.33. The number of fused-ring (bicyclic) bond motifs is 1. The summed E-state index contributed by atoms with van der Waals surface area (Å²) >= 11 is 0. The molecule has 86 valence electrons. The summed E-state index contributed by atoms with van der Waals surface area (Å²) in [5, 5.41) is 9.12. The highest BCUT2D eigenvalue weighted by molar-refractivity contribution is 5.82. The van der Waals surface area contributed by atoms with Crippen molar-refractivity contribution < 1.29 is 14.3 Å². The summed E-state index contributed by atoms with van der Waals surface area (Å²) in [5.74, 6) is -0.838. The van der Waals surface area contributed by atoms with Gasteiger partial charge in [0.1, 0.15) is 6.04 Å². The van der Waals surface area contributed by atoms with Crippen LogP contribution in [0.15, 0.2) is 24.3 Å². The number of alkyl halides is 1. The van der Waals surface area contributed by atoms with Gasteiger partial charge >= 0.3 is 5.97 Å². The van der Waals surface area contributed by atoms with Gasteiger partial charge in [-0.25, -0.2) is 4.79 Å². The molecule has 0 amide bonds. The maximum absolute atomic E-state index is 12.2. The van der Waals surface area contributed by atoms with Crippen LogP contribution in [0.4, 0.5) is 10.1 Å². The van der Waals surface area contributed by atoms with E-state index in [0.29, 0.717) is 19.4 Å². The molecule has 1 heterocycles. The van der Waals surface area contributed by atoms with E-state index in [0.717, 1.165) is 11.3 Å². The minimum atomic E-state index is -0.838. The SMILES string of the molecule is O=C(O)C1Cc2ccccc2N1CCCF. The average molecular weight is 223 g/mol. The zero-order valence-electron chi connectivity index (χ0n) is 8.90. The monoisotopic (exact) mass is 223 g/mol. The third-order valence-corrected chi connectivity index (χ3v) is 2.91. The molecule has 2 rings (SSSR count).